The maximum atomic E-state index is 12.9. The zero-order valence-corrected chi connectivity index (χ0v) is 16.7. The molecule has 9 heteroatoms. The van der Waals surface area contributed by atoms with Crippen molar-refractivity contribution in [2.75, 3.05) is 13.2 Å². The van der Waals surface area contributed by atoms with Gasteiger partial charge in [-0.3, -0.25) is 9.59 Å². The lowest BCUT2D eigenvalue weighted by molar-refractivity contribution is -0.147. The zero-order chi connectivity index (χ0) is 21.3. The molecule has 0 saturated carbocycles. The summed E-state index contributed by atoms with van der Waals surface area (Å²) >= 11 is 0. The monoisotopic (exact) mass is 422 g/mol. The van der Waals surface area contributed by atoms with Crippen molar-refractivity contribution >= 4 is 21.9 Å². The van der Waals surface area contributed by atoms with Crippen molar-refractivity contribution in [2.24, 2.45) is 0 Å². The largest absolute Gasteiger partial charge is 0.455 e. The Morgan fingerprint density at radius 3 is 2.34 bits per heavy atom. The summed E-state index contributed by atoms with van der Waals surface area (Å²) in [4.78, 5) is 23.7. The summed E-state index contributed by atoms with van der Waals surface area (Å²) < 4.78 is 43.8. The highest BCUT2D eigenvalue weighted by atomic mass is 32.2. The number of hydrogen-bond donors (Lipinski definition) is 2. The van der Waals surface area contributed by atoms with Crippen LogP contribution in [0.2, 0.25) is 0 Å². The molecule has 0 fully saturated rings. The maximum Gasteiger partial charge on any atom is 0.321 e. The molecule has 29 heavy (non-hydrogen) atoms. The van der Waals surface area contributed by atoms with Crippen molar-refractivity contribution in [1.82, 2.24) is 10.0 Å². The van der Waals surface area contributed by atoms with Crippen LogP contribution in [0.25, 0.3) is 0 Å². The summed E-state index contributed by atoms with van der Waals surface area (Å²) in [5.41, 5.74) is 0.945. The van der Waals surface area contributed by atoms with E-state index in [-0.39, 0.29) is 10.9 Å². The van der Waals surface area contributed by atoms with E-state index in [0.29, 0.717) is 0 Å². The Balaban J connectivity index is 1.82. The first-order chi connectivity index (χ1) is 13.8. The molecule has 0 bridgehead atoms. The fourth-order valence-electron chi connectivity index (χ4n) is 2.58. The molecule has 0 aliphatic rings. The van der Waals surface area contributed by atoms with Crippen LogP contribution in [0.4, 0.5) is 4.39 Å². The molecule has 1 amide bonds. The van der Waals surface area contributed by atoms with Gasteiger partial charge in [0.2, 0.25) is 10.0 Å². The van der Waals surface area contributed by atoms with Gasteiger partial charge in [0.05, 0.1) is 10.9 Å². The van der Waals surface area contributed by atoms with E-state index in [1.54, 1.807) is 0 Å². The number of hydrogen-bond acceptors (Lipinski definition) is 5. The molecule has 0 heterocycles. The Morgan fingerprint density at radius 1 is 1.07 bits per heavy atom. The quantitative estimate of drug-likeness (QED) is 0.572. The number of nitrogens with one attached hydrogen (secondary N) is 2. The standard InChI is InChI=1S/C20H23FN2O5S/c1-2-6-18(15-7-4-3-5-8-15)23-19(24)14-28-20(25)13-22-29(26,27)17-11-9-16(21)10-12-17/h3-5,7-12,18,22H,2,6,13-14H2,1H3,(H,23,24)/t18-/m1/s1. The second-order valence-corrected chi connectivity index (χ2v) is 8.03. The molecule has 2 N–H and O–H groups in total. The zero-order valence-electron chi connectivity index (χ0n) is 15.9. The molecule has 2 aromatic rings. The normalized spacial score (nSPS) is 12.2. The molecule has 0 aliphatic carbocycles. The van der Waals surface area contributed by atoms with Crippen molar-refractivity contribution in [3.05, 3.63) is 66.0 Å². The van der Waals surface area contributed by atoms with Crippen LogP contribution in [0.15, 0.2) is 59.5 Å². The van der Waals surface area contributed by atoms with Gasteiger partial charge in [-0.15, -0.1) is 0 Å². The van der Waals surface area contributed by atoms with E-state index < -0.39 is 40.9 Å². The fraction of sp³-hybridized carbons (Fsp3) is 0.300. The molecule has 0 aliphatic heterocycles. The average Bonchev–Trinajstić information content (AvgIpc) is 2.71. The number of carbonyl (C=O) groups is 2. The fourth-order valence-corrected chi connectivity index (χ4v) is 3.55. The second-order valence-electron chi connectivity index (χ2n) is 6.26. The Bertz CT molecular complexity index is 918. The van der Waals surface area contributed by atoms with Gasteiger partial charge in [0.1, 0.15) is 12.4 Å². The predicted octanol–water partition coefficient (Wildman–Crippen LogP) is 2.30. The van der Waals surface area contributed by atoms with Crippen molar-refractivity contribution in [3.8, 4) is 0 Å². The number of carbonyl (C=O) groups excluding carboxylic acids is 2. The summed E-state index contributed by atoms with van der Waals surface area (Å²) in [6, 6.07) is 13.4. The van der Waals surface area contributed by atoms with Gasteiger partial charge in [-0.05, 0) is 36.2 Å². The molecule has 1 atom stereocenters. The van der Waals surface area contributed by atoms with Gasteiger partial charge < -0.3 is 10.1 Å². The molecule has 0 radical (unpaired) electrons. The first-order valence-corrected chi connectivity index (χ1v) is 10.6. The van der Waals surface area contributed by atoms with Crippen LogP contribution in [0, 0.1) is 5.82 Å². The van der Waals surface area contributed by atoms with Crippen molar-refractivity contribution in [2.45, 2.75) is 30.7 Å². The van der Waals surface area contributed by atoms with E-state index in [4.69, 9.17) is 4.74 Å². The van der Waals surface area contributed by atoms with Crippen LogP contribution >= 0.6 is 0 Å². The summed E-state index contributed by atoms with van der Waals surface area (Å²) in [6.07, 6.45) is 1.58. The SMILES string of the molecule is CCC[C@@H](NC(=O)COC(=O)CNS(=O)(=O)c1ccc(F)cc1)c1ccccc1. The van der Waals surface area contributed by atoms with Crippen LogP contribution in [0.3, 0.4) is 0 Å². The third-order valence-corrected chi connectivity index (χ3v) is 5.43. The minimum atomic E-state index is -3.99. The van der Waals surface area contributed by atoms with Crippen LogP contribution in [-0.4, -0.2) is 33.4 Å². The van der Waals surface area contributed by atoms with Gasteiger partial charge in [0.15, 0.2) is 6.61 Å². The van der Waals surface area contributed by atoms with Crippen molar-refractivity contribution in [1.29, 1.82) is 0 Å². The summed E-state index contributed by atoms with van der Waals surface area (Å²) in [6.45, 7) is 0.823. The maximum absolute atomic E-state index is 12.9. The number of benzene rings is 2. The van der Waals surface area contributed by atoms with E-state index in [9.17, 15) is 22.4 Å². The third kappa shape index (κ3) is 7.28. The Morgan fingerprint density at radius 2 is 1.72 bits per heavy atom. The molecule has 2 aromatic carbocycles. The third-order valence-electron chi connectivity index (χ3n) is 4.01. The number of amides is 1. The minimum absolute atomic E-state index is 0.185. The lowest BCUT2D eigenvalue weighted by atomic mass is 10.0. The number of ether oxygens (including phenoxy) is 1. The van der Waals surface area contributed by atoms with E-state index in [1.807, 2.05) is 42.0 Å². The van der Waals surface area contributed by atoms with Crippen LogP contribution in [0.5, 0.6) is 0 Å². The summed E-state index contributed by atoms with van der Waals surface area (Å²) in [5, 5.41) is 2.80. The van der Waals surface area contributed by atoms with Gasteiger partial charge in [0, 0.05) is 0 Å². The Labute approximate surface area is 169 Å². The molecular weight excluding hydrogens is 399 g/mol. The molecule has 156 valence electrons. The highest BCUT2D eigenvalue weighted by Crippen LogP contribution is 2.17. The van der Waals surface area contributed by atoms with E-state index in [1.165, 1.54) is 0 Å². The predicted molar refractivity (Wildman–Crippen MR) is 105 cm³/mol. The minimum Gasteiger partial charge on any atom is -0.455 e. The van der Waals surface area contributed by atoms with Crippen molar-refractivity contribution in [3.63, 3.8) is 0 Å². The van der Waals surface area contributed by atoms with Gasteiger partial charge in [0.25, 0.3) is 5.91 Å². The lowest BCUT2D eigenvalue weighted by Gasteiger charge is -2.18. The number of halogens is 1. The number of sulfonamides is 1. The average molecular weight is 422 g/mol. The van der Waals surface area contributed by atoms with E-state index in [2.05, 4.69) is 5.32 Å². The number of esters is 1. The van der Waals surface area contributed by atoms with Gasteiger partial charge >= 0.3 is 5.97 Å². The van der Waals surface area contributed by atoms with Gasteiger partial charge in [-0.2, -0.15) is 4.72 Å². The number of rotatable bonds is 10. The molecule has 0 saturated heterocycles. The van der Waals surface area contributed by atoms with Crippen LogP contribution in [-0.2, 0) is 24.3 Å². The van der Waals surface area contributed by atoms with Gasteiger partial charge in [-0.25, -0.2) is 12.8 Å². The Hall–Kier alpha value is -2.78. The molecule has 0 unspecified atom stereocenters. The van der Waals surface area contributed by atoms with E-state index >= 15 is 0 Å². The smallest absolute Gasteiger partial charge is 0.321 e. The summed E-state index contributed by atoms with van der Waals surface area (Å²) in [5.74, 6) is -1.97. The first kappa shape index (κ1) is 22.5. The highest BCUT2D eigenvalue weighted by molar-refractivity contribution is 7.89. The van der Waals surface area contributed by atoms with Crippen molar-refractivity contribution < 1.29 is 27.1 Å². The molecular formula is C20H23FN2O5S. The van der Waals surface area contributed by atoms with E-state index in [0.717, 1.165) is 42.7 Å². The molecule has 7 nitrogen and oxygen atoms in total. The van der Waals surface area contributed by atoms with Crippen LogP contribution < -0.4 is 10.0 Å². The van der Waals surface area contributed by atoms with Crippen LogP contribution in [0.1, 0.15) is 31.4 Å². The first-order valence-electron chi connectivity index (χ1n) is 9.07. The topological polar surface area (TPSA) is 102 Å². The molecule has 0 aromatic heterocycles. The molecule has 2 rings (SSSR count). The summed E-state index contributed by atoms with van der Waals surface area (Å²) in [7, 11) is -3.99. The molecule has 0 spiro atoms. The highest BCUT2D eigenvalue weighted by Gasteiger charge is 2.18. The lowest BCUT2D eigenvalue weighted by Crippen LogP contribution is -2.35. The Kier molecular flexibility index (Phi) is 8.29. The second kappa shape index (κ2) is 10.7. The van der Waals surface area contributed by atoms with Gasteiger partial charge in [-0.1, -0.05) is 43.7 Å².